The minimum atomic E-state index is -0.438. The molecule has 1 aliphatic carbocycles. The molecule has 2 atom stereocenters. The van der Waals surface area contributed by atoms with Gasteiger partial charge in [-0.25, -0.2) is 4.79 Å². The number of alkyl carbamates (subject to hydrolysis) is 1. The number of hydrogen-bond acceptors (Lipinski definition) is 3. The highest BCUT2D eigenvalue weighted by molar-refractivity contribution is 5.85. The number of carbonyl (C=O) groups is 1. The molecule has 0 radical (unpaired) electrons. The summed E-state index contributed by atoms with van der Waals surface area (Å²) in [4.78, 5) is 11.4. The van der Waals surface area contributed by atoms with E-state index in [4.69, 9.17) is 10.5 Å². The zero-order valence-electron chi connectivity index (χ0n) is 9.58. The lowest BCUT2D eigenvalue weighted by atomic mass is 10.2. The summed E-state index contributed by atoms with van der Waals surface area (Å²) in [5, 5.41) is 2.80. The molecular weight excluding hydrogens is 216 g/mol. The summed E-state index contributed by atoms with van der Waals surface area (Å²) in [6, 6.07) is 0.173. The summed E-state index contributed by atoms with van der Waals surface area (Å²) in [7, 11) is 0. The monoisotopic (exact) mass is 236 g/mol. The minimum Gasteiger partial charge on any atom is -0.444 e. The molecule has 0 saturated heterocycles. The van der Waals surface area contributed by atoms with Crippen molar-refractivity contribution in [1.29, 1.82) is 0 Å². The third-order valence-corrected chi connectivity index (χ3v) is 2.27. The van der Waals surface area contributed by atoms with Crippen LogP contribution in [0.15, 0.2) is 0 Å². The third-order valence-electron chi connectivity index (χ3n) is 2.27. The summed E-state index contributed by atoms with van der Waals surface area (Å²) in [6.45, 7) is 5.55. The highest BCUT2D eigenvalue weighted by Gasteiger charge is 2.27. The molecule has 90 valence electrons. The van der Waals surface area contributed by atoms with E-state index < -0.39 is 5.60 Å². The van der Waals surface area contributed by atoms with Gasteiger partial charge in [0.2, 0.25) is 0 Å². The Bertz CT molecular complexity index is 216. The molecule has 5 heteroatoms. The first-order chi connectivity index (χ1) is 6.38. The Morgan fingerprint density at radius 3 is 2.40 bits per heavy atom. The normalized spacial score (nSPS) is 25.6. The molecule has 4 nitrogen and oxygen atoms in total. The summed E-state index contributed by atoms with van der Waals surface area (Å²) >= 11 is 0. The maximum Gasteiger partial charge on any atom is 0.407 e. The quantitative estimate of drug-likeness (QED) is 0.730. The van der Waals surface area contributed by atoms with Crippen LogP contribution in [0, 0.1) is 0 Å². The number of amides is 1. The first kappa shape index (κ1) is 14.5. The molecule has 1 fully saturated rings. The molecule has 0 unspecified atom stereocenters. The predicted molar refractivity (Wildman–Crippen MR) is 62.2 cm³/mol. The van der Waals surface area contributed by atoms with Gasteiger partial charge in [-0.1, -0.05) is 0 Å². The van der Waals surface area contributed by atoms with E-state index in [9.17, 15) is 4.79 Å². The summed E-state index contributed by atoms with van der Waals surface area (Å²) in [5.41, 5.74) is 5.38. The van der Waals surface area contributed by atoms with E-state index in [0.717, 1.165) is 19.3 Å². The van der Waals surface area contributed by atoms with Gasteiger partial charge in [-0.05, 0) is 40.0 Å². The van der Waals surface area contributed by atoms with Crippen molar-refractivity contribution in [3.8, 4) is 0 Å². The second-order valence-electron chi connectivity index (χ2n) is 4.85. The Hall–Kier alpha value is -0.480. The van der Waals surface area contributed by atoms with E-state index in [2.05, 4.69) is 5.32 Å². The molecule has 0 bridgehead atoms. The fraction of sp³-hybridized carbons (Fsp3) is 0.900. The van der Waals surface area contributed by atoms with Crippen LogP contribution in [0.25, 0.3) is 0 Å². The molecule has 3 N–H and O–H groups in total. The van der Waals surface area contributed by atoms with Gasteiger partial charge in [0, 0.05) is 12.1 Å². The van der Waals surface area contributed by atoms with Gasteiger partial charge in [0.15, 0.2) is 0 Å². The topological polar surface area (TPSA) is 64.3 Å². The average molecular weight is 237 g/mol. The molecule has 0 aromatic rings. The van der Waals surface area contributed by atoms with E-state index >= 15 is 0 Å². The van der Waals surface area contributed by atoms with Crippen molar-refractivity contribution in [2.24, 2.45) is 5.73 Å². The molecule has 0 aromatic heterocycles. The van der Waals surface area contributed by atoms with E-state index in [1.165, 1.54) is 0 Å². The molecule has 1 saturated carbocycles. The van der Waals surface area contributed by atoms with Crippen LogP contribution in [-0.4, -0.2) is 23.8 Å². The SMILES string of the molecule is CC(C)(C)OC(=O)N[C@@H]1CCC[C@@H]1N.Cl. The fourth-order valence-electron chi connectivity index (χ4n) is 1.63. The number of hydrogen-bond donors (Lipinski definition) is 2. The summed E-state index contributed by atoms with van der Waals surface area (Å²) in [6.07, 6.45) is 2.67. The van der Waals surface area contributed by atoms with Crippen molar-refractivity contribution in [2.45, 2.75) is 57.7 Å². The van der Waals surface area contributed by atoms with E-state index in [-0.39, 0.29) is 30.6 Å². The lowest BCUT2D eigenvalue weighted by Gasteiger charge is -2.23. The molecule has 1 amide bonds. The number of carbonyl (C=O) groups excluding carboxylic acids is 1. The number of nitrogens with two attached hydrogens (primary N) is 1. The van der Waals surface area contributed by atoms with Crippen LogP contribution in [0.1, 0.15) is 40.0 Å². The van der Waals surface area contributed by atoms with Crippen LogP contribution < -0.4 is 11.1 Å². The molecule has 1 aliphatic rings. The lowest BCUT2D eigenvalue weighted by Crippen LogP contribution is -2.45. The highest BCUT2D eigenvalue weighted by Crippen LogP contribution is 2.17. The summed E-state index contributed by atoms with van der Waals surface area (Å²) in [5.74, 6) is 0. The van der Waals surface area contributed by atoms with Crippen LogP contribution in [-0.2, 0) is 4.74 Å². The highest BCUT2D eigenvalue weighted by atomic mass is 35.5. The van der Waals surface area contributed by atoms with Gasteiger partial charge >= 0.3 is 6.09 Å². The van der Waals surface area contributed by atoms with Gasteiger partial charge in [-0.2, -0.15) is 0 Å². The van der Waals surface area contributed by atoms with Crippen molar-refractivity contribution in [2.75, 3.05) is 0 Å². The van der Waals surface area contributed by atoms with Crippen LogP contribution in [0.3, 0.4) is 0 Å². The molecular formula is C10H21ClN2O2. The molecule has 0 heterocycles. The first-order valence-corrected chi connectivity index (χ1v) is 5.13. The number of halogens is 1. The standard InChI is InChI=1S/C10H20N2O2.ClH/c1-10(2,3)14-9(13)12-8-6-4-5-7(8)11;/h7-8H,4-6,11H2,1-3H3,(H,12,13);1H/t7-,8+;/m0./s1. The Labute approximate surface area is 97.3 Å². The first-order valence-electron chi connectivity index (χ1n) is 5.13. The zero-order valence-corrected chi connectivity index (χ0v) is 10.4. The Morgan fingerprint density at radius 2 is 2.00 bits per heavy atom. The molecule has 0 aromatic carbocycles. The van der Waals surface area contributed by atoms with Crippen molar-refractivity contribution in [3.05, 3.63) is 0 Å². The fourth-order valence-corrected chi connectivity index (χ4v) is 1.63. The van der Waals surface area contributed by atoms with Crippen LogP contribution in [0.5, 0.6) is 0 Å². The molecule has 0 aliphatic heterocycles. The van der Waals surface area contributed by atoms with Gasteiger partial charge in [-0.15, -0.1) is 12.4 Å². The van der Waals surface area contributed by atoms with Crippen molar-refractivity contribution >= 4 is 18.5 Å². The number of rotatable bonds is 1. The number of ether oxygens (including phenoxy) is 1. The van der Waals surface area contributed by atoms with Gasteiger partial charge in [0.05, 0.1) is 0 Å². The smallest absolute Gasteiger partial charge is 0.407 e. The zero-order chi connectivity index (χ0) is 10.8. The van der Waals surface area contributed by atoms with Crippen molar-refractivity contribution in [3.63, 3.8) is 0 Å². The third kappa shape index (κ3) is 5.23. The molecule has 1 rings (SSSR count). The largest absolute Gasteiger partial charge is 0.444 e. The van der Waals surface area contributed by atoms with Gasteiger partial charge in [0.25, 0.3) is 0 Å². The van der Waals surface area contributed by atoms with Gasteiger partial charge in [0.1, 0.15) is 5.60 Å². The Balaban J connectivity index is 0.00000196. The average Bonchev–Trinajstić information content (AvgIpc) is 2.32. The molecule has 15 heavy (non-hydrogen) atoms. The Morgan fingerprint density at radius 1 is 1.40 bits per heavy atom. The maximum absolute atomic E-state index is 11.4. The minimum absolute atomic E-state index is 0. The van der Waals surface area contributed by atoms with Gasteiger partial charge in [-0.3, -0.25) is 0 Å². The van der Waals surface area contributed by atoms with Crippen LogP contribution in [0.2, 0.25) is 0 Å². The second kappa shape index (κ2) is 5.56. The predicted octanol–water partition coefficient (Wildman–Crippen LogP) is 1.81. The lowest BCUT2D eigenvalue weighted by molar-refractivity contribution is 0.0501. The van der Waals surface area contributed by atoms with E-state index in [0.29, 0.717) is 0 Å². The van der Waals surface area contributed by atoms with E-state index in [1.54, 1.807) is 0 Å². The second-order valence-corrected chi connectivity index (χ2v) is 4.85. The van der Waals surface area contributed by atoms with Crippen LogP contribution >= 0.6 is 12.4 Å². The Kier molecular flexibility index (Phi) is 5.38. The van der Waals surface area contributed by atoms with Crippen molar-refractivity contribution in [1.82, 2.24) is 5.32 Å². The summed E-state index contributed by atoms with van der Waals surface area (Å²) < 4.78 is 5.14. The van der Waals surface area contributed by atoms with Crippen LogP contribution in [0.4, 0.5) is 4.79 Å². The molecule has 0 spiro atoms. The van der Waals surface area contributed by atoms with Crippen molar-refractivity contribution < 1.29 is 9.53 Å². The number of nitrogens with one attached hydrogen (secondary N) is 1. The maximum atomic E-state index is 11.4. The van der Waals surface area contributed by atoms with E-state index in [1.807, 2.05) is 20.8 Å². The van der Waals surface area contributed by atoms with Gasteiger partial charge < -0.3 is 15.8 Å².